The van der Waals surface area contributed by atoms with Gasteiger partial charge in [0.2, 0.25) is 5.91 Å². The van der Waals surface area contributed by atoms with E-state index >= 15 is 0 Å². The van der Waals surface area contributed by atoms with Crippen molar-refractivity contribution in [2.24, 2.45) is 5.92 Å². The lowest BCUT2D eigenvalue weighted by atomic mass is 9.88. The summed E-state index contributed by atoms with van der Waals surface area (Å²) in [4.78, 5) is 13.5. The molecule has 0 radical (unpaired) electrons. The second-order valence-corrected chi connectivity index (χ2v) is 5.73. The highest BCUT2D eigenvalue weighted by atomic mass is 16.2. The Morgan fingerprint density at radius 3 is 2.89 bits per heavy atom. The van der Waals surface area contributed by atoms with Crippen molar-refractivity contribution >= 4 is 11.6 Å². The van der Waals surface area contributed by atoms with Crippen molar-refractivity contribution in [1.29, 1.82) is 0 Å². The van der Waals surface area contributed by atoms with Crippen molar-refractivity contribution in [2.75, 3.05) is 24.5 Å². The maximum atomic E-state index is 11.6. The van der Waals surface area contributed by atoms with Crippen LogP contribution in [0.25, 0.3) is 0 Å². The second-order valence-electron chi connectivity index (χ2n) is 5.73. The Labute approximate surface area is 115 Å². The molecule has 0 bridgehead atoms. The molecule has 0 aromatic heterocycles. The van der Waals surface area contributed by atoms with Crippen LogP contribution in [0, 0.1) is 5.92 Å². The van der Waals surface area contributed by atoms with Crippen LogP contribution in [-0.4, -0.2) is 25.5 Å². The van der Waals surface area contributed by atoms with E-state index in [1.54, 1.807) is 6.92 Å². The van der Waals surface area contributed by atoms with Gasteiger partial charge in [0, 0.05) is 19.2 Å². The third-order valence-corrected chi connectivity index (χ3v) is 4.47. The van der Waals surface area contributed by atoms with Crippen molar-refractivity contribution < 1.29 is 4.79 Å². The summed E-state index contributed by atoms with van der Waals surface area (Å²) in [6.45, 7) is 4.82. The van der Waals surface area contributed by atoms with Crippen LogP contribution in [0.2, 0.25) is 0 Å². The number of carbonyl (C=O) groups excluding carboxylic acids is 1. The predicted octanol–water partition coefficient (Wildman–Crippen LogP) is 2.14. The molecule has 1 saturated heterocycles. The quantitative estimate of drug-likeness (QED) is 0.881. The molecule has 102 valence electrons. The van der Waals surface area contributed by atoms with Gasteiger partial charge in [-0.1, -0.05) is 12.1 Å². The van der Waals surface area contributed by atoms with E-state index in [1.165, 1.54) is 30.4 Å². The Bertz CT molecular complexity index is 478. The average molecular weight is 258 g/mol. The maximum absolute atomic E-state index is 11.6. The number of nitrogens with one attached hydrogen (secondary N) is 1. The van der Waals surface area contributed by atoms with Gasteiger partial charge in [0.15, 0.2) is 0 Å². The fourth-order valence-corrected chi connectivity index (χ4v) is 3.42. The SMILES string of the molecule is CC(=O)N1CCc2c(CC3CCNCC3)cccc21. The number of anilines is 1. The van der Waals surface area contributed by atoms with E-state index in [0.29, 0.717) is 0 Å². The van der Waals surface area contributed by atoms with Gasteiger partial charge in [-0.25, -0.2) is 0 Å². The third kappa shape index (κ3) is 2.52. The summed E-state index contributed by atoms with van der Waals surface area (Å²) in [7, 11) is 0. The first-order valence-corrected chi connectivity index (χ1v) is 7.35. The van der Waals surface area contributed by atoms with E-state index in [-0.39, 0.29) is 5.91 Å². The van der Waals surface area contributed by atoms with E-state index in [1.807, 2.05) is 4.90 Å². The molecule has 2 aliphatic rings. The number of nitrogens with zero attached hydrogens (tertiary/aromatic N) is 1. The Morgan fingerprint density at radius 1 is 1.37 bits per heavy atom. The van der Waals surface area contributed by atoms with Gasteiger partial charge in [-0.15, -0.1) is 0 Å². The maximum Gasteiger partial charge on any atom is 0.223 e. The van der Waals surface area contributed by atoms with Crippen molar-refractivity contribution in [3.63, 3.8) is 0 Å². The summed E-state index contributed by atoms with van der Waals surface area (Å²) in [5.41, 5.74) is 4.03. The second kappa shape index (κ2) is 5.33. The molecule has 0 unspecified atom stereocenters. The van der Waals surface area contributed by atoms with Crippen molar-refractivity contribution in [3.8, 4) is 0 Å². The number of hydrogen-bond acceptors (Lipinski definition) is 2. The first-order valence-electron chi connectivity index (χ1n) is 7.35. The van der Waals surface area contributed by atoms with Crippen LogP contribution in [-0.2, 0) is 17.6 Å². The Balaban J connectivity index is 1.81. The van der Waals surface area contributed by atoms with Crippen LogP contribution < -0.4 is 10.2 Å². The third-order valence-electron chi connectivity index (χ3n) is 4.47. The molecule has 19 heavy (non-hydrogen) atoms. The summed E-state index contributed by atoms with van der Waals surface area (Å²) < 4.78 is 0. The Hall–Kier alpha value is -1.35. The smallest absolute Gasteiger partial charge is 0.223 e. The average Bonchev–Trinajstić information content (AvgIpc) is 2.85. The molecule has 0 saturated carbocycles. The molecule has 1 amide bonds. The largest absolute Gasteiger partial charge is 0.317 e. The first kappa shape index (κ1) is 12.7. The summed E-state index contributed by atoms with van der Waals surface area (Å²) in [6, 6.07) is 6.46. The van der Waals surface area contributed by atoms with Gasteiger partial charge >= 0.3 is 0 Å². The van der Waals surface area contributed by atoms with Crippen LogP contribution in [0.5, 0.6) is 0 Å². The first-order chi connectivity index (χ1) is 9.25. The molecule has 3 rings (SSSR count). The van der Waals surface area contributed by atoms with Crippen molar-refractivity contribution in [1.82, 2.24) is 5.32 Å². The van der Waals surface area contributed by atoms with Gasteiger partial charge in [-0.05, 0) is 61.9 Å². The molecule has 1 N–H and O–H groups in total. The van der Waals surface area contributed by atoms with Crippen LogP contribution in [0.15, 0.2) is 18.2 Å². The van der Waals surface area contributed by atoms with Crippen molar-refractivity contribution in [3.05, 3.63) is 29.3 Å². The molecular formula is C16H22N2O. The predicted molar refractivity (Wildman–Crippen MR) is 77.5 cm³/mol. The zero-order valence-corrected chi connectivity index (χ0v) is 11.6. The molecule has 3 nitrogen and oxygen atoms in total. The number of piperidine rings is 1. The number of hydrogen-bond donors (Lipinski definition) is 1. The van der Waals surface area contributed by atoms with Crippen molar-refractivity contribution in [2.45, 2.75) is 32.6 Å². The molecule has 1 aromatic carbocycles. The van der Waals surface area contributed by atoms with Gasteiger partial charge in [-0.3, -0.25) is 4.79 Å². The normalized spacial score (nSPS) is 19.5. The number of rotatable bonds is 2. The minimum absolute atomic E-state index is 0.165. The molecule has 2 heterocycles. The molecule has 3 heteroatoms. The van der Waals surface area contributed by atoms with Crippen LogP contribution in [0.1, 0.15) is 30.9 Å². The van der Waals surface area contributed by atoms with Gasteiger partial charge < -0.3 is 10.2 Å². The van der Waals surface area contributed by atoms with E-state index in [4.69, 9.17) is 0 Å². The molecule has 1 aromatic rings. The molecule has 0 atom stereocenters. The van der Waals surface area contributed by atoms with Gasteiger partial charge in [0.25, 0.3) is 0 Å². The van der Waals surface area contributed by atoms with E-state index in [0.717, 1.165) is 37.7 Å². The van der Waals surface area contributed by atoms with Gasteiger partial charge in [-0.2, -0.15) is 0 Å². The summed E-state index contributed by atoms with van der Waals surface area (Å²) >= 11 is 0. The summed E-state index contributed by atoms with van der Waals surface area (Å²) in [5.74, 6) is 0.969. The minimum atomic E-state index is 0.165. The summed E-state index contributed by atoms with van der Waals surface area (Å²) in [5, 5.41) is 3.42. The highest BCUT2D eigenvalue weighted by Crippen LogP contribution is 2.32. The van der Waals surface area contributed by atoms with Crippen LogP contribution >= 0.6 is 0 Å². The molecular weight excluding hydrogens is 236 g/mol. The molecule has 0 spiro atoms. The Kier molecular flexibility index (Phi) is 3.56. The van der Waals surface area contributed by atoms with E-state index < -0.39 is 0 Å². The van der Waals surface area contributed by atoms with Gasteiger partial charge in [0.05, 0.1) is 0 Å². The number of carbonyl (C=O) groups is 1. The number of fused-ring (bicyclic) bond motifs is 1. The highest BCUT2D eigenvalue weighted by Gasteiger charge is 2.25. The fraction of sp³-hybridized carbons (Fsp3) is 0.562. The minimum Gasteiger partial charge on any atom is -0.317 e. The zero-order chi connectivity index (χ0) is 13.2. The molecule has 2 aliphatic heterocycles. The number of benzene rings is 1. The molecule has 0 aliphatic carbocycles. The highest BCUT2D eigenvalue weighted by molar-refractivity contribution is 5.94. The van der Waals surface area contributed by atoms with Crippen LogP contribution in [0.4, 0.5) is 5.69 Å². The lowest BCUT2D eigenvalue weighted by molar-refractivity contribution is -0.116. The lowest BCUT2D eigenvalue weighted by Gasteiger charge is -2.23. The molecule has 1 fully saturated rings. The monoisotopic (exact) mass is 258 g/mol. The lowest BCUT2D eigenvalue weighted by Crippen LogP contribution is -2.28. The van der Waals surface area contributed by atoms with Gasteiger partial charge in [0.1, 0.15) is 0 Å². The topological polar surface area (TPSA) is 32.3 Å². The summed E-state index contributed by atoms with van der Waals surface area (Å²) in [6.07, 6.45) is 4.76. The number of amides is 1. The standard InChI is InChI=1S/C16H22N2O/c1-12(19)18-10-7-15-14(3-2-4-16(15)18)11-13-5-8-17-9-6-13/h2-4,13,17H,5-11H2,1H3. The Morgan fingerprint density at radius 2 is 2.16 bits per heavy atom. The van der Waals surface area contributed by atoms with Crippen LogP contribution in [0.3, 0.4) is 0 Å². The van der Waals surface area contributed by atoms with E-state index in [9.17, 15) is 4.79 Å². The fourth-order valence-electron chi connectivity index (χ4n) is 3.42. The van der Waals surface area contributed by atoms with E-state index in [2.05, 4.69) is 23.5 Å². The zero-order valence-electron chi connectivity index (χ0n) is 11.6.